The molecule has 0 saturated heterocycles. The molecule has 0 fully saturated rings. The summed E-state index contributed by atoms with van der Waals surface area (Å²) in [5.74, 6) is -0.187. The van der Waals surface area contributed by atoms with Gasteiger partial charge in [-0.2, -0.15) is 0 Å². The van der Waals surface area contributed by atoms with Gasteiger partial charge in [0.25, 0.3) is 0 Å². The van der Waals surface area contributed by atoms with Gasteiger partial charge in [0.2, 0.25) is 5.78 Å². The van der Waals surface area contributed by atoms with Crippen molar-refractivity contribution in [2.45, 2.75) is 0 Å². The second kappa shape index (κ2) is 7.75. The molecule has 0 N–H and O–H groups in total. The van der Waals surface area contributed by atoms with E-state index in [1.165, 1.54) is 6.33 Å². The predicted octanol–water partition coefficient (Wildman–Crippen LogP) is 6.49. The molecule has 2 aromatic carbocycles. The molecule has 7 heteroatoms. The van der Waals surface area contributed by atoms with Gasteiger partial charge in [-0.1, -0.05) is 56.8 Å². The van der Waals surface area contributed by atoms with Crippen molar-refractivity contribution in [1.29, 1.82) is 0 Å². The van der Waals surface area contributed by atoms with Crippen molar-refractivity contribution in [1.82, 2.24) is 9.55 Å². The zero-order valence-electron chi connectivity index (χ0n) is 12.6. The Hall–Kier alpha value is -1.59. The molecule has 3 aromatic rings. The van der Waals surface area contributed by atoms with Crippen LogP contribution in [0.15, 0.2) is 59.5 Å². The molecule has 0 aliphatic heterocycles. The first-order valence-corrected chi connectivity index (χ1v) is 9.03. The lowest BCUT2D eigenvalue weighted by Gasteiger charge is -2.09. The Balaban J connectivity index is 2.11. The van der Waals surface area contributed by atoms with Crippen molar-refractivity contribution >= 4 is 68.3 Å². The number of allylic oxidation sites excluding steroid dienone is 1. The maximum Gasteiger partial charge on any atom is 0.209 e. The molecule has 3 nitrogen and oxygen atoms in total. The van der Waals surface area contributed by atoms with Crippen LogP contribution in [-0.4, -0.2) is 15.3 Å². The summed E-state index contributed by atoms with van der Waals surface area (Å²) in [5.41, 5.74) is 1.56. The van der Waals surface area contributed by atoms with Gasteiger partial charge in [0, 0.05) is 26.3 Å². The fraction of sp³-hybridized carbons (Fsp3) is 0. The highest BCUT2D eigenvalue weighted by molar-refractivity contribution is 9.10. The first-order chi connectivity index (χ1) is 11.9. The molecule has 1 aromatic heterocycles. The minimum Gasteiger partial charge on any atom is -0.301 e. The fourth-order valence-corrected chi connectivity index (χ4v) is 3.08. The lowest BCUT2D eigenvalue weighted by atomic mass is 10.1. The van der Waals surface area contributed by atoms with Gasteiger partial charge in [-0.25, -0.2) is 4.98 Å². The number of benzene rings is 2. The maximum atomic E-state index is 13.0. The normalized spacial score (nSPS) is 11.6. The third-order valence-corrected chi connectivity index (χ3v) is 4.71. The highest BCUT2D eigenvalue weighted by Crippen LogP contribution is 2.26. The van der Waals surface area contributed by atoms with Gasteiger partial charge in [-0.05, 0) is 48.0 Å². The molecule has 126 valence electrons. The quantitative estimate of drug-likeness (QED) is 0.332. The summed E-state index contributed by atoms with van der Waals surface area (Å²) >= 11 is 21.5. The van der Waals surface area contributed by atoms with E-state index in [0.717, 1.165) is 4.47 Å². The lowest BCUT2D eigenvalue weighted by Crippen LogP contribution is -2.08. The van der Waals surface area contributed by atoms with E-state index in [9.17, 15) is 4.79 Å². The SMILES string of the molecule is O=C(/C(=C\c1ccc(Cl)cc1Cl)n1cnc(Cl)c1)c1ccc(Br)cc1. The Morgan fingerprint density at radius 3 is 2.40 bits per heavy atom. The molecule has 0 saturated carbocycles. The molecule has 3 rings (SSSR count). The van der Waals surface area contributed by atoms with E-state index in [-0.39, 0.29) is 10.9 Å². The molecule has 1 heterocycles. The zero-order chi connectivity index (χ0) is 18.0. The number of aromatic nitrogens is 2. The first kappa shape index (κ1) is 18.2. The summed E-state index contributed by atoms with van der Waals surface area (Å²) in [5, 5.41) is 1.25. The van der Waals surface area contributed by atoms with Crippen LogP contribution in [0.25, 0.3) is 11.8 Å². The molecule has 25 heavy (non-hydrogen) atoms. The Kier molecular flexibility index (Phi) is 5.64. The summed E-state index contributed by atoms with van der Waals surface area (Å²) in [7, 11) is 0. The van der Waals surface area contributed by atoms with Gasteiger partial charge in [-0.15, -0.1) is 0 Å². The average Bonchev–Trinajstić information content (AvgIpc) is 3.00. The van der Waals surface area contributed by atoms with Crippen molar-refractivity contribution in [2.24, 2.45) is 0 Å². The maximum absolute atomic E-state index is 13.0. The number of carbonyl (C=O) groups excluding carboxylic acids is 1. The van der Waals surface area contributed by atoms with Crippen molar-refractivity contribution in [3.63, 3.8) is 0 Å². The van der Waals surface area contributed by atoms with E-state index in [0.29, 0.717) is 26.9 Å². The van der Waals surface area contributed by atoms with Crippen LogP contribution in [-0.2, 0) is 0 Å². The number of rotatable bonds is 4. The number of halogens is 4. The molecule has 0 atom stereocenters. The van der Waals surface area contributed by atoms with Crippen LogP contribution in [0.2, 0.25) is 15.2 Å². The monoisotopic (exact) mass is 454 g/mol. The minimum atomic E-state index is -0.187. The highest BCUT2D eigenvalue weighted by atomic mass is 79.9. The van der Waals surface area contributed by atoms with Crippen LogP contribution in [0.1, 0.15) is 15.9 Å². The Labute approximate surface area is 168 Å². The van der Waals surface area contributed by atoms with Gasteiger partial charge in [-0.3, -0.25) is 4.79 Å². The molecule has 0 amide bonds. The average molecular weight is 457 g/mol. The Morgan fingerprint density at radius 2 is 1.80 bits per heavy atom. The second-order valence-electron chi connectivity index (χ2n) is 5.14. The minimum absolute atomic E-state index is 0.187. The van der Waals surface area contributed by atoms with Crippen LogP contribution in [0.4, 0.5) is 0 Å². The number of nitrogens with zero attached hydrogens (tertiary/aromatic N) is 2. The molecule has 0 unspecified atom stereocenters. The first-order valence-electron chi connectivity index (χ1n) is 7.11. The second-order valence-corrected chi connectivity index (χ2v) is 7.28. The summed E-state index contributed by atoms with van der Waals surface area (Å²) in [6, 6.07) is 12.2. The van der Waals surface area contributed by atoms with E-state index in [2.05, 4.69) is 20.9 Å². The number of Topliss-reactive ketones (excluding diaryl/α,β-unsaturated/α-hetero) is 1. The Bertz CT molecular complexity index is 965. The molecule has 0 spiro atoms. The molecule has 0 aliphatic rings. The summed E-state index contributed by atoms with van der Waals surface area (Å²) in [6.07, 6.45) is 4.73. The van der Waals surface area contributed by atoms with E-state index in [1.54, 1.807) is 59.3 Å². The van der Waals surface area contributed by atoms with Crippen molar-refractivity contribution in [2.75, 3.05) is 0 Å². The fourth-order valence-electron chi connectivity index (χ4n) is 2.20. The van der Waals surface area contributed by atoms with Gasteiger partial charge in [0.05, 0.1) is 5.70 Å². The van der Waals surface area contributed by atoms with Crippen LogP contribution >= 0.6 is 50.7 Å². The van der Waals surface area contributed by atoms with E-state index in [4.69, 9.17) is 34.8 Å². The number of hydrogen-bond donors (Lipinski definition) is 0. The summed E-state index contributed by atoms with van der Waals surface area (Å²) in [4.78, 5) is 17.0. The van der Waals surface area contributed by atoms with Gasteiger partial charge in [0.15, 0.2) is 0 Å². The van der Waals surface area contributed by atoms with E-state index >= 15 is 0 Å². The number of carbonyl (C=O) groups is 1. The highest BCUT2D eigenvalue weighted by Gasteiger charge is 2.16. The Morgan fingerprint density at radius 1 is 1.08 bits per heavy atom. The number of hydrogen-bond acceptors (Lipinski definition) is 2. The molecular formula is C18H10BrCl3N2O. The van der Waals surface area contributed by atoms with Crippen molar-refractivity contribution < 1.29 is 4.79 Å². The summed E-state index contributed by atoms with van der Waals surface area (Å²) in [6.45, 7) is 0. The third kappa shape index (κ3) is 4.33. The van der Waals surface area contributed by atoms with Crippen molar-refractivity contribution in [3.8, 4) is 0 Å². The van der Waals surface area contributed by atoms with E-state index < -0.39 is 0 Å². The van der Waals surface area contributed by atoms with Gasteiger partial charge in [0.1, 0.15) is 11.5 Å². The number of ketones is 1. The van der Waals surface area contributed by atoms with Crippen LogP contribution in [0.5, 0.6) is 0 Å². The lowest BCUT2D eigenvalue weighted by molar-refractivity contribution is 0.105. The number of imidazole rings is 1. The third-order valence-electron chi connectivity index (χ3n) is 3.42. The van der Waals surface area contributed by atoms with Crippen LogP contribution in [0, 0.1) is 0 Å². The van der Waals surface area contributed by atoms with Gasteiger partial charge >= 0.3 is 0 Å². The van der Waals surface area contributed by atoms with E-state index in [1.807, 2.05) is 0 Å². The van der Waals surface area contributed by atoms with Gasteiger partial charge < -0.3 is 4.57 Å². The molecule has 0 aliphatic carbocycles. The smallest absolute Gasteiger partial charge is 0.209 e. The molecule has 0 bridgehead atoms. The standard InChI is InChI=1S/C18H10BrCl3N2O/c19-13-4-1-11(2-5-13)18(25)16(24-9-17(22)23-10-24)7-12-3-6-14(20)8-15(12)21/h1-10H/b16-7+. The predicted molar refractivity (Wildman–Crippen MR) is 106 cm³/mol. The van der Waals surface area contributed by atoms with Crippen LogP contribution < -0.4 is 0 Å². The molecule has 0 radical (unpaired) electrons. The zero-order valence-corrected chi connectivity index (χ0v) is 16.4. The van der Waals surface area contributed by atoms with Crippen LogP contribution in [0.3, 0.4) is 0 Å². The largest absolute Gasteiger partial charge is 0.301 e. The summed E-state index contributed by atoms with van der Waals surface area (Å²) < 4.78 is 2.46. The molecular weight excluding hydrogens is 446 g/mol. The topological polar surface area (TPSA) is 34.9 Å². The van der Waals surface area contributed by atoms with Crippen molar-refractivity contribution in [3.05, 3.63) is 85.8 Å².